The molecule has 0 aliphatic carbocycles. The Kier molecular flexibility index (Phi) is 4.48. The Morgan fingerprint density at radius 3 is 2.50 bits per heavy atom. The van der Waals surface area contributed by atoms with Crippen LogP contribution in [0.1, 0.15) is 17.8 Å². The van der Waals surface area contributed by atoms with Crippen molar-refractivity contribution in [3.63, 3.8) is 0 Å². The first-order chi connectivity index (χ1) is 11.4. The minimum absolute atomic E-state index is 0.0546. The largest absolute Gasteiger partial charge is 0.334 e. The molecule has 2 amide bonds. The molecule has 1 aromatic rings. The zero-order valence-electron chi connectivity index (χ0n) is 14.3. The monoisotopic (exact) mass is 331 g/mol. The summed E-state index contributed by atoms with van der Waals surface area (Å²) in [5.74, 6) is 0.0967. The number of aryl methyl sites for hydroxylation is 2. The zero-order chi connectivity index (χ0) is 17.3. The smallest absolute Gasteiger partial charge is 0.254 e. The minimum Gasteiger partial charge on any atom is -0.334 e. The van der Waals surface area contributed by atoms with Gasteiger partial charge < -0.3 is 9.80 Å². The highest BCUT2D eigenvalue weighted by Crippen LogP contribution is 2.18. The van der Waals surface area contributed by atoms with Crippen LogP contribution in [0.15, 0.2) is 17.8 Å². The number of amides is 2. The molecule has 2 aliphatic rings. The molecule has 0 unspecified atom stereocenters. The van der Waals surface area contributed by atoms with E-state index in [0.29, 0.717) is 11.6 Å². The summed E-state index contributed by atoms with van der Waals surface area (Å²) in [5, 5.41) is 1.31. The second kappa shape index (κ2) is 6.56. The van der Waals surface area contributed by atoms with E-state index in [1.807, 2.05) is 24.8 Å². The Bertz CT molecular complexity index is 674. The second-order valence-corrected chi connectivity index (χ2v) is 6.42. The fraction of sp³-hybridized carbons (Fsp3) is 0.500. The Morgan fingerprint density at radius 1 is 1.25 bits per heavy atom. The van der Waals surface area contributed by atoms with Crippen molar-refractivity contribution in [1.82, 2.24) is 20.3 Å². The maximum Gasteiger partial charge on any atom is 0.254 e. The molecule has 0 saturated carbocycles. The van der Waals surface area contributed by atoms with Crippen LogP contribution in [0.2, 0.25) is 0 Å². The maximum absolute atomic E-state index is 12.4. The van der Waals surface area contributed by atoms with E-state index in [4.69, 9.17) is 0 Å². The number of quaternary nitrogens is 1. The van der Waals surface area contributed by atoms with Crippen LogP contribution in [0, 0.1) is 13.8 Å². The summed E-state index contributed by atoms with van der Waals surface area (Å²) >= 11 is 0. The summed E-state index contributed by atoms with van der Waals surface area (Å²) < 4.78 is 0. The molecule has 3 heterocycles. The highest BCUT2D eigenvalue weighted by atomic mass is 16.2. The van der Waals surface area contributed by atoms with Gasteiger partial charge in [-0.3, -0.25) is 15.0 Å². The Hall–Kier alpha value is -2.48. The van der Waals surface area contributed by atoms with Crippen molar-refractivity contribution in [1.29, 1.82) is 0 Å². The third-order valence-corrected chi connectivity index (χ3v) is 4.24. The predicted octanol–water partition coefficient (Wildman–Crippen LogP) is -1.42. The molecule has 2 fully saturated rings. The van der Waals surface area contributed by atoms with E-state index in [1.165, 1.54) is 16.0 Å². The van der Waals surface area contributed by atoms with E-state index in [1.54, 1.807) is 0 Å². The van der Waals surface area contributed by atoms with Crippen LogP contribution < -0.4 is 15.3 Å². The van der Waals surface area contributed by atoms with Gasteiger partial charge in [0.05, 0.1) is 39.6 Å². The van der Waals surface area contributed by atoms with Crippen LogP contribution in [-0.2, 0) is 9.59 Å². The molecule has 8 nitrogen and oxygen atoms in total. The van der Waals surface area contributed by atoms with Crippen molar-refractivity contribution in [2.45, 2.75) is 20.3 Å². The molecule has 0 aromatic carbocycles. The van der Waals surface area contributed by atoms with Crippen molar-refractivity contribution >= 4 is 17.8 Å². The van der Waals surface area contributed by atoms with Gasteiger partial charge in [0.1, 0.15) is 0 Å². The number of piperazine rings is 1. The molecule has 0 spiro atoms. The molecular weight excluding hydrogens is 308 g/mol. The minimum atomic E-state index is -0.165. The van der Waals surface area contributed by atoms with Crippen molar-refractivity contribution in [3.05, 3.63) is 29.2 Å². The van der Waals surface area contributed by atoms with Gasteiger partial charge in [0.15, 0.2) is 0 Å². The highest BCUT2D eigenvalue weighted by molar-refractivity contribution is 5.97. The highest BCUT2D eigenvalue weighted by Gasteiger charge is 2.29. The molecule has 128 valence electrons. The molecular formula is C16H23N6O2+. The van der Waals surface area contributed by atoms with Gasteiger partial charge >= 0.3 is 0 Å². The van der Waals surface area contributed by atoms with Gasteiger partial charge in [0.25, 0.3) is 11.9 Å². The predicted molar refractivity (Wildman–Crippen MR) is 88.0 cm³/mol. The number of rotatable bonds is 2. The summed E-state index contributed by atoms with van der Waals surface area (Å²) in [7, 11) is 2.12. The normalized spacial score (nSPS) is 20.6. The molecule has 24 heavy (non-hydrogen) atoms. The number of likely N-dealkylation sites (N-methyl/N-ethyl adjacent to an activating group) is 1. The molecule has 0 radical (unpaired) electrons. The number of carbonyl (C=O) groups excluding carboxylic acids is 2. The number of hydrogen-bond acceptors (Lipinski definition) is 5. The van der Waals surface area contributed by atoms with Gasteiger partial charge in [-0.1, -0.05) is 0 Å². The lowest BCUT2D eigenvalue weighted by Crippen LogP contribution is -3.12. The molecule has 3 rings (SSSR count). The van der Waals surface area contributed by atoms with E-state index in [-0.39, 0.29) is 18.2 Å². The van der Waals surface area contributed by atoms with Gasteiger partial charge in [-0.05, 0) is 19.9 Å². The van der Waals surface area contributed by atoms with Crippen LogP contribution in [-0.4, -0.2) is 59.9 Å². The number of hydrazine groups is 1. The SMILES string of the molecule is Cc1cc(C)nc(N2N/C(=C\C(=O)N3CC[NH+](C)CC3)CC2=O)n1. The maximum atomic E-state index is 12.4. The number of hydrogen-bond donors (Lipinski definition) is 2. The topological polar surface area (TPSA) is 82.9 Å². The summed E-state index contributed by atoms with van der Waals surface area (Å²) in [6.45, 7) is 7.09. The van der Waals surface area contributed by atoms with Crippen LogP contribution in [0.5, 0.6) is 0 Å². The van der Waals surface area contributed by atoms with E-state index < -0.39 is 0 Å². The van der Waals surface area contributed by atoms with Crippen molar-refractivity contribution in [3.8, 4) is 0 Å². The summed E-state index contributed by atoms with van der Waals surface area (Å²) in [6, 6.07) is 1.85. The lowest BCUT2D eigenvalue weighted by Gasteiger charge is -2.29. The lowest BCUT2D eigenvalue weighted by atomic mass is 10.2. The average molecular weight is 331 g/mol. The van der Waals surface area contributed by atoms with Crippen LogP contribution in [0.4, 0.5) is 5.95 Å². The van der Waals surface area contributed by atoms with Crippen LogP contribution >= 0.6 is 0 Å². The number of anilines is 1. The van der Waals surface area contributed by atoms with Gasteiger partial charge in [0.2, 0.25) is 5.91 Å². The van der Waals surface area contributed by atoms with Crippen LogP contribution in [0.25, 0.3) is 0 Å². The number of carbonyl (C=O) groups is 2. The second-order valence-electron chi connectivity index (χ2n) is 6.42. The molecule has 2 saturated heterocycles. The fourth-order valence-corrected chi connectivity index (χ4v) is 2.89. The van der Waals surface area contributed by atoms with Crippen molar-refractivity contribution < 1.29 is 14.5 Å². The third kappa shape index (κ3) is 3.53. The van der Waals surface area contributed by atoms with Crippen LogP contribution in [0.3, 0.4) is 0 Å². The van der Waals surface area contributed by atoms with Gasteiger partial charge in [0, 0.05) is 23.2 Å². The molecule has 2 N–H and O–H groups in total. The van der Waals surface area contributed by atoms with E-state index in [0.717, 1.165) is 37.6 Å². The van der Waals surface area contributed by atoms with Crippen molar-refractivity contribution in [2.75, 3.05) is 38.2 Å². The zero-order valence-corrected chi connectivity index (χ0v) is 14.3. The lowest BCUT2D eigenvalue weighted by molar-refractivity contribution is -0.883. The van der Waals surface area contributed by atoms with E-state index in [9.17, 15) is 9.59 Å². The molecule has 0 bridgehead atoms. The Labute approximate surface area is 141 Å². The van der Waals surface area contributed by atoms with Crippen molar-refractivity contribution in [2.24, 2.45) is 0 Å². The van der Waals surface area contributed by atoms with Gasteiger partial charge in [-0.15, -0.1) is 0 Å². The standard InChI is InChI=1S/C16H22N6O2/c1-11-8-12(2)18-16(17-11)22-15(24)10-13(19-22)9-14(23)21-6-4-20(3)5-7-21/h8-9,19H,4-7,10H2,1-3H3/p+1/b13-9-. The van der Waals surface area contributed by atoms with Gasteiger partial charge in [-0.25, -0.2) is 9.97 Å². The Balaban J connectivity index is 1.71. The summed E-state index contributed by atoms with van der Waals surface area (Å²) in [4.78, 5) is 36.4. The summed E-state index contributed by atoms with van der Waals surface area (Å²) in [6.07, 6.45) is 1.67. The molecule has 8 heteroatoms. The first kappa shape index (κ1) is 16.4. The molecule has 0 atom stereocenters. The molecule has 2 aliphatic heterocycles. The first-order valence-corrected chi connectivity index (χ1v) is 8.15. The quantitative estimate of drug-likeness (QED) is 0.650. The first-order valence-electron chi connectivity index (χ1n) is 8.15. The average Bonchev–Trinajstić information content (AvgIpc) is 2.87. The number of nitrogens with zero attached hydrogens (tertiary/aromatic N) is 4. The van der Waals surface area contributed by atoms with E-state index >= 15 is 0 Å². The third-order valence-electron chi connectivity index (χ3n) is 4.24. The molecule has 1 aromatic heterocycles. The number of aromatic nitrogens is 2. The van der Waals surface area contributed by atoms with E-state index in [2.05, 4.69) is 22.4 Å². The van der Waals surface area contributed by atoms with Gasteiger partial charge in [-0.2, -0.15) is 5.01 Å². The summed E-state index contributed by atoms with van der Waals surface area (Å²) in [5.41, 5.74) is 5.12. The Morgan fingerprint density at radius 2 is 1.88 bits per heavy atom. The number of nitrogens with one attached hydrogen (secondary N) is 2. The fourth-order valence-electron chi connectivity index (χ4n) is 2.89.